The fourth-order valence-electron chi connectivity index (χ4n) is 0.770. The fraction of sp³-hybridized carbons (Fsp3) is 0.429. The summed E-state index contributed by atoms with van der Waals surface area (Å²) in [6, 6.07) is 0. The summed E-state index contributed by atoms with van der Waals surface area (Å²) in [5.41, 5.74) is 6.46. The Bertz CT molecular complexity index is 260. The summed E-state index contributed by atoms with van der Waals surface area (Å²) in [7, 11) is 0. The van der Waals surface area contributed by atoms with E-state index in [1.165, 1.54) is 0 Å². The molecular weight excluding hydrogens is 206 g/mol. The summed E-state index contributed by atoms with van der Waals surface area (Å²) in [6.45, 7) is 4.17. The maximum atomic E-state index is 5.38. The Hall–Kier alpha value is -0.640. The van der Waals surface area contributed by atoms with Crippen molar-refractivity contribution in [2.45, 2.75) is 19.8 Å². The van der Waals surface area contributed by atoms with Gasteiger partial charge in [0.1, 0.15) is 4.60 Å². The molecule has 0 bridgehead atoms. The van der Waals surface area contributed by atoms with E-state index < -0.39 is 0 Å². The minimum absolute atomic E-state index is 0.307. The van der Waals surface area contributed by atoms with Gasteiger partial charge in [-0.1, -0.05) is 13.8 Å². The molecule has 60 valence electrons. The molecule has 0 fully saturated rings. The lowest BCUT2D eigenvalue weighted by Crippen LogP contribution is -1.99. The van der Waals surface area contributed by atoms with Gasteiger partial charge in [-0.3, -0.25) is 0 Å². The van der Waals surface area contributed by atoms with Crippen LogP contribution in [0.5, 0.6) is 0 Å². The lowest BCUT2D eigenvalue weighted by molar-refractivity contribution is 0.838. The van der Waals surface area contributed by atoms with Crippen molar-refractivity contribution in [1.29, 1.82) is 0 Å². The Morgan fingerprint density at radius 2 is 2.18 bits per heavy atom. The average molecular weight is 216 g/mol. The molecular formula is C7H10BrN3. The molecule has 3 nitrogen and oxygen atoms in total. The summed E-state index contributed by atoms with van der Waals surface area (Å²) in [6.07, 6.45) is 1.75. The van der Waals surface area contributed by atoms with Crippen LogP contribution in [0.25, 0.3) is 0 Å². The number of nitrogens with two attached hydrogens (primary N) is 1. The van der Waals surface area contributed by atoms with Gasteiger partial charge < -0.3 is 5.73 Å². The molecule has 0 amide bonds. The zero-order chi connectivity index (χ0) is 8.43. The predicted molar refractivity (Wildman–Crippen MR) is 48.2 cm³/mol. The number of hydrogen-bond acceptors (Lipinski definition) is 3. The molecule has 2 N–H and O–H groups in total. The second-order valence-corrected chi connectivity index (χ2v) is 3.38. The molecule has 1 rings (SSSR count). The van der Waals surface area contributed by atoms with Gasteiger partial charge in [-0.25, -0.2) is 9.97 Å². The van der Waals surface area contributed by atoms with Crippen LogP contribution in [0.4, 0.5) is 5.95 Å². The van der Waals surface area contributed by atoms with Crippen molar-refractivity contribution >= 4 is 21.9 Å². The van der Waals surface area contributed by atoms with Crippen LogP contribution in [0.1, 0.15) is 25.3 Å². The number of nitrogens with zero attached hydrogens (tertiary/aromatic N) is 2. The highest BCUT2D eigenvalue weighted by Crippen LogP contribution is 2.21. The Morgan fingerprint density at radius 1 is 1.55 bits per heavy atom. The Balaban J connectivity index is 3.09. The molecule has 4 heteroatoms. The van der Waals surface area contributed by atoms with Gasteiger partial charge >= 0.3 is 0 Å². The Kier molecular flexibility index (Phi) is 2.44. The van der Waals surface area contributed by atoms with Crippen LogP contribution in [-0.2, 0) is 0 Å². The molecule has 0 aliphatic heterocycles. The summed E-state index contributed by atoms with van der Waals surface area (Å²) in [5, 5.41) is 0. The van der Waals surface area contributed by atoms with Gasteiger partial charge in [0.15, 0.2) is 0 Å². The zero-order valence-corrected chi connectivity index (χ0v) is 8.09. The van der Waals surface area contributed by atoms with Crippen LogP contribution in [0.2, 0.25) is 0 Å². The second kappa shape index (κ2) is 3.17. The highest BCUT2D eigenvalue weighted by atomic mass is 79.9. The normalized spacial score (nSPS) is 10.5. The van der Waals surface area contributed by atoms with Crippen LogP contribution in [0.3, 0.4) is 0 Å². The number of rotatable bonds is 1. The Labute approximate surface area is 74.2 Å². The maximum absolute atomic E-state index is 5.38. The lowest BCUT2D eigenvalue weighted by atomic mass is 10.1. The summed E-state index contributed by atoms with van der Waals surface area (Å²) < 4.78 is 0.792. The third-order valence-electron chi connectivity index (χ3n) is 1.41. The molecule has 11 heavy (non-hydrogen) atoms. The largest absolute Gasteiger partial charge is 0.368 e. The molecule has 0 spiro atoms. The van der Waals surface area contributed by atoms with Crippen molar-refractivity contribution in [1.82, 2.24) is 9.97 Å². The van der Waals surface area contributed by atoms with Gasteiger partial charge in [0, 0.05) is 11.8 Å². The van der Waals surface area contributed by atoms with E-state index in [9.17, 15) is 0 Å². The first-order chi connectivity index (χ1) is 5.11. The van der Waals surface area contributed by atoms with E-state index in [-0.39, 0.29) is 0 Å². The SMILES string of the molecule is CC(C)c1cnc(N)nc1Br. The Morgan fingerprint density at radius 3 is 2.64 bits per heavy atom. The number of nitrogen functional groups attached to an aromatic ring is 1. The monoisotopic (exact) mass is 215 g/mol. The topological polar surface area (TPSA) is 51.8 Å². The molecule has 1 heterocycles. The van der Waals surface area contributed by atoms with Gasteiger partial charge in [-0.15, -0.1) is 0 Å². The molecule has 1 aromatic heterocycles. The first-order valence-corrected chi connectivity index (χ1v) is 4.18. The molecule has 0 atom stereocenters. The molecule has 0 aliphatic rings. The smallest absolute Gasteiger partial charge is 0.221 e. The molecule has 1 aromatic rings. The highest BCUT2D eigenvalue weighted by Gasteiger charge is 2.05. The standard InChI is InChI=1S/C7H10BrN3/c1-4(2)5-3-10-7(9)11-6(5)8/h3-4H,1-2H3,(H2,9,10,11). The number of halogens is 1. The number of anilines is 1. The summed E-state index contributed by atoms with van der Waals surface area (Å²) in [5.74, 6) is 0.728. The van der Waals surface area contributed by atoms with E-state index in [0.717, 1.165) is 10.2 Å². The van der Waals surface area contributed by atoms with E-state index in [1.54, 1.807) is 6.20 Å². The zero-order valence-electron chi connectivity index (χ0n) is 6.50. The first kappa shape index (κ1) is 8.46. The van der Waals surface area contributed by atoms with Crippen molar-refractivity contribution in [3.63, 3.8) is 0 Å². The molecule has 0 saturated carbocycles. The van der Waals surface area contributed by atoms with Crippen LogP contribution in [0.15, 0.2) is 10.8 Å². The number of aromatic nitrogens is 2. The van der Waals surface area contributed by atoms with Crippen molar-refractivity contribution in [3.05, 3.63) is 16.4 Å². The van der Waals surface area contributed by atoms with Crippen LogP contribution in [-0.4, -0.2) is 9.97 Å². The van der Waals surface area contributed by atoms with E-state index in [4.69, 9.17) is 5.73 Å². The fourth-order valence-corrected chi connectivity index (χ4v) is 1.51. The predicted octanol–water partition coefficient (Wildman–Crippen LogP) is 1.94. The molecule has 0 saturated heterocycles. The van der Waals surface area contributed by atoms with Crippen molar-refractivity contribution in [3.8, 4) is 0 Å². The molecule has 0 radical (unpaired) electrons. The summed E-state index contributed by atoms with van der Waals surface area (Å²) in [4.78, 5) is 7.88. The van der Waals surface area contributed by atoms with Crippen LogP contribution < -0.4 is 5.73 Å². The van der Waals surface area contributed by atoms with Crippen molar-refractivity contribution in [2.75, 3.05) is 5.73 Å². The average Bonchev–Trinajstić information content (AvgIpc) is 1.85. The first-order valence-electron chi connectivity index (χ1n) is 3.39. The van der Waals surface area contributed by atoms with E-state index in [1.807, 2.05) is 0 Å². The van der Waals surface area contributed by atoms with E-state index >= 15 is 0 Å². The van der Waals surface area contributed by atoms with Crippen molar-refractivity contribution in [2.24, 2.45) is 0 Å². The minimum atomic E-state index is 0.307. The quantitative estimate of drug-likeness (QED) is 0.730. The van der Waals surface area contributed by atoms with Gasteiger partial charge in [0.25, 0.3) is 0 Å². The van der Waals surface area contributed by atoms with E-state index in [2.05, 4.69) is 39.7 Å². The summed E-state index contributed by atoms with van der Waals surface area (Å²) >= 11 is 3.32. The van der Waals surface area contributed by atoms with Gasteiger partial charge in [0.2, 0.25) is 5.95 Å². The third-order valence-corrected chi connectivity index (χ3v) is 2.04. The lowest BCUT2D eigenvalue weighted by Gasteiger charge is -2.05. The van der Waals surface area contributed by atoms with Gasteiger partial charge in [-0.2, -0.15) is 0 Å². The maximum Gasteiger partial charge on any atom is 0.221 e. The van der Waals surface area contributed by atoms with Gasteiger partial charge in [-0.05, 0) is 21.8 Å². The molecule has 0 unspecified atom stereocenters. The molecule has 0 aliphatic carbocycles. The minimum Gasteiger partial charge on any atom is -0.368 e. The second-order valence-electron chi connectivity index (χ2n) is 2.63. The highest BCUT2D eigenvalue weighted by molar-refractivity contribution is 9.10. The van der Waals surface area contributed by atoms with Crippen LogP contribution >= 0.6 is 15.9 Å². The molecule has 0 aromatic carbocycles. The number of hydrogen-bond donors (Lipinski definition) is 1. The van der Waals surface area contributed by atoms with E-state index in [0.29, 0.717) is 11.9 Å². The van der Waals surface area contributed by atoms with Crippen molar-refractivity contribution < 1.29 is 0 Å². The van der Waals surface area contributed by atoms with Crippen LogP contribution in [0, 0.1) is 0 Å². The van der Waals surface area contributed by atoms with Gasteiger partial charge in [0.05, 0.1) is 0 Å². The third kappa shape index (κ3) is 1.89.